The quantitative estimate of drug-likeness (QED) is 0.0199. The topological polar surface area (TPSA) is 307 Å². The molecule has 12 N–H and O–H groups in total. The molecule has 0 radical (unpaired) electrons. The number of carbonyl (C=O) groups excluding carboxylic acids is 1. The van der Waals surface area contributed by atoms with Crippen molar-refractivity contribution in [1.29, 1.82) is 0 Å². The number of aliphatic hydroxyl groups excluding tert-OH is 11. The molecule has 0 aromatic heterocycles. The van der Waals surface area contributed by atoms with Gasteiger partial charge in [-0.05, 0) is 19.3 Å². The van der Waals surface area contributed by atoms with E-state index < -0.39 is 124 Å². The molecule has 1 amide bonds. The molecule has 3 saturated heterocycles. The van der Waals surface area contributed by atoms with Gasteiger partial charge in [-0.1, -0.05) is 424 Å². The van der Waals surface area contributed by atoms with Crippen LogP contribution in [0.2, 0.25) is 0 Å². The third-order valence-corrected chi connectivity index (χ3v) is 24.1. The summed E-state index contributed by atoms with van der Waals surface area (Å²) in [5.74, 6) is -0.264. The van der Waals surface area contributed by atoms with E-state index in [1.807, 2.05) is 6.08 Å². The summed E-state index contributed by atoms with van der Waals surface area (Å²) in [6.45, 7) is 1.83. The van der Waals surface area contributed by atoms with Gasteiger partial charge in [0.2, 0.25) is 5.91 Å². The predicted octanol–water partition coefficient (Wildman–Crippen LogP) is 18.6. The van der Waals surface area contributed by atoms with Gasteiger partial charge in [0, 0.05) is 6.42 Å². The maximum absolute atomic E-state index is 13.5. The molecule has 19 nitrogen and oxygen atoms in total. The number of hydrogen-bond donors (Lipinski definition) is 12. The van der Waals surface area contributed by atoms with E-state index in [1.165, 1.54) is 366 Å². The van der Waals surface area contributed by atoms with E-state index in [2.05, 4.69) is 19.2 Å². The molecule has 17 unspecified atom stereocenters. The van der Waals surface area contributed by atoms with Crippen molar-refractivity contribution in [1.82, 2.24) is 5.32 Å². The number of amides is 1. The summed E-state index contributed by atoms with van der Waals surface area (Å²) in [6, 6.07) is -0.972. The van der Waals surface area contributed by atoms with E-state index in [1.54, 1.807) is 6.08 Å². The first kappa shape index (κ1) is 104. The molecule has 0 aliphatic carbocycles. The monoisotopic (exact) mass is 1580 g/mol. The van der Waals surface area contributed by atoms with E-state index in [0.29, 0.717) is 6.42 Å². The third-order valence-electron chi connectivity index (χ3n) is 24.1. The van der Waals surface area contributed by atoms with Crippen LogP contribution in [0.4, 0.5) is 0 Å². The smallest absolute Gasteiger partial charge is 0.220 e. The lowest BCUT2D eigenvalue weighted by atomic mass is 9.96. The van der Waals surface area contributed by atoms with Crippen molar-refractivity contribution in [2.45, 2.75) is 542 Å². The van der Waals surface area contributed by atoms with Gasteiger partial charge in [-0.2, -0.15) is 0 Å². The molecular weight excluding hydrogens is 1410 g/mol. The van der Waals surface area contributed by atoms with Crippen molar-refractivity contribution < 1.29 is 89.4 Å². The summed E-state index contributed by atoms with van der Waals surface area (Å²) < 4.78 is 34.6. The van der Waals surface area contributed by atoms with Crippen molar-refractivity contribution >= 4 is 5.91 Å². The minimum absolute atomic E-state index is 0.251. The lowest BCUT2D eigenvalue weighted by Gasteiger charge is -2.48. The Morgan fingerprint density at radius 2 is 0.559 bits per heavy atom. The number of rotatable bonds is 79. The molecule has 0 saturated carbocycles. The number of nitrogens with one attached hydrogen (secondary N) is 1. The molecule has 3 fully saturated rings. The van der Waals surface area contributed by atoms with E-state index in [9.17, 15) is 61.0 Å². The molecule has 3 rings (SSSR count). The molecule has 0 aromatic carbocycles. The van der Waals surface area contributed by atoms with Crippen molar-refractivity contribution in [2.24, 2.45) is 0 Å². The van der Waals surface area contributed by atoms with Crippen LogP contribution in [0.15, 0.2) is 12.2 Å². The van der Waals surface area contributed by atoms with Gasteiger partial charge in [0.15, 0.2) is 18.9 Å². The van der Waals surface area contributed by atoms with Crippen molar-refractivity contribution in [3.05, 3.63) is 12.2 Å². The highest BCUT2D eigenvalue weighted by Gasteiger charge is 2.54. The van der Waals surface area contributed by atoms with Crippen molar-refractivity contribution in [2.75, 3.05) is 26.4 Å². The molecule has 3 aliphatic heterocycles. The van der Waals surface area contributed by atoms with Crippen LogP contribution in [-0.2, 0) is 33.2 Å². The highest BCUT2D eigenvalue weighted by atomic mass is 16.8. The van der Waals surface area contributed by atoms with Crippen LogP contribution in [0.5, 0.6) is 0 Å². The zero-order valence-corrected chi connectivity index (χ0v) is 71.2. The molecule has 658 valence electrons. The fraction of sp³-hybridized carbons (Fsp3) is 0.967. The number of aliphatic hydroxyl groups is 11. The molecule has 3 aliphatic rings. The molecule has 111 heavy (non-hydrogen) atoms. The van der Waals surface area contributed by atoms with Gasteiger partial charge in [-0.15, -0.1) is 0 Å². The lowest BCUT2D eigenvalue weighted by Crippen LogP contribution is -2.66. The van der Waals surface area contributed by atoms with Crippen molar-refractivity contribution in [3.63, 3.8) is 0 Å². The Hall–Kier alpha value is -1.47. The normalized spacial score (nSPS) is 25.0. The van der Waals surface area contributed by atoms with Crippen LogP contribution in [0.25, 0.3) is 0 Å². The molecule has 17 atom stereocenters. The van der Waals surface area contributed by atoms with E-state index in [-0.39, 0.29) is 18.9 Å². The van der Waals surface area contributed by atoms with Gasteiger partial charge in [-0.3, -0.25) is 4.79 Å². The Morgan fingerprint density at radius 3 is 0.847 bits per heavy atom. The summed E-state index contributed by atoms with van der Waals surface area (Å²) in [4.78, 5) is 13.5. The summed E-state index contributed by atoms with van der Waals surface area (Å²) in [5, 5.41) is 121. The number of ether oxygens (including phenoxy) is 6. The minimum atomic E-state index is -1.98. The fourth-order valence-corrected chi connectivity index (χ4v) is 16.6. The SMILES string of the molecule is CCCCCCCCCCCCCCCCCCCCCCCCCCCCC/C=C/C(O)C(COC1OC(CO)C(OC2OC(CO)C(OC3OC(CO)C(O)C(O)C3O)C(O)C2O)C(O)C1O)NC(=O)CCCCCCCCCCCCCCCCCCCCCCCCCCCCCCCCCCCCCCC. The number of unbranched alkanes of at least 4 members (excludes halogenated alkanes) is 63. The number of hydrogen-bond acceptors (Lipinski definition) is 18. The Balaban J connectivity index is 1.30. The van der Waals surface area contributed by atoms with E-state index in [4.69, 9.17) is 28.4 Å². The second-order valence-corrected chi connectivity index (χ2v) is 34.2. The molecule has 0 spiro atoms. The Bertz CT molecular complexity index is 2040. The lowest BCUT2D eigenvalue weighted by molar-refractivity contribution is -0.379. The van der Waals surface area contributed by atoms with E-state index >= 15 is 0 Å². The second-order valence-electron chi connectivity index (χ2n) is 34.2. The van der Waals surface area contributed by atoms with Crippen LogP contribution < -0.4 is 5.32 Å². The summed E-state index contributed by atoms with van der Waals surface area (Å²) in [5.41, 5.74) is 0. The second kappa shape index (κ2) is 72.5. The average Bonchev–Trinajstić information content (AvgIpc) is 0.780. The predicted molar refractivity (Wildman–Crippen MR) is 448 cm³/mol. The Morgan fingerprint density at radius 1 is 0.315 bits per heavy atom. The van der Waals surface area contributed by atoms with Gasteiger partial charge in [-0.25, -0.2) is 0 Å². The van der Waals surface area contributed by atoms with Crippen LogP contribution in [0.3, 0.4) is 0 Å². The Kier molecular flexibility index (Phi) is 67.8. The molecule has 3 heterocycles. The van der Waals surface area contributed by atoms with Gasteiger partial charge in [0.1, 0.15) is 73.2 Å². The van der Waals surface area contributed by atoms with Crippen LogP contribution in [0.1, 0.15) is 438 Å². The summed E-state index contributed by atoms with van der Waals surface area (Å²) in [7, 11) is 0. The first-order valence-corrected chi connectivity index (χ1v) is 47.4. The zero-order valence-electron chi connectivity index (χ0n) is 71.2. The van der Waals surface area contributed by atoms with Crippen LogP contribution in [-0.4, -0.2) is 193 Å². The largest absolute Gasteiger partial charge is 0.394 e. The maximum Gasteiger partial charge on any atom is 0.220 e. The molecule has 0 aromatic rings. The highest BCUT2D eigenvalue weighted by molar-refractivity contribution is 5.76. The standard InChI is InChI=1S/C92H177NO18/c1-3-5-7-9-11-13-15-17-19-21-23-25-27-29-31-33-34-35-36-37-38-39-40-42-44-46-48-50-52-54-56-58-60-62-64-66-68-70-80(98)93-75(76(97)69-67-65-63-61-59-57-55-53-51-49-47-45-43-41-32-30-28-26-24-22-20-18-16-14-12-10-8-6-4-2)74-106-90-86(104)83(101)88(78(72-95)108-90)111-92-87(105)84(102)89(79(73-96)109-92)110-91-85(103)82(100)81(99)77(71-94)107-91/h67,69,75-79,81-92,94-97,99-105H,3-66,68,70-74H2,1-2H3,(H,93,98)/b69-67+. The maximum atomic E-state index is 13.5. The minimum Gasteiger partial charge on any atom is -0.394 e. The summed E-state index contributed by atoms with van der Waals surface area (Å²) in [6.07, 6.45) is 63.9. The highest BCUT2D eigenvalue weighted by Crippen LogP contribution is 2.34. The number of allylic oxidation sites excluding steroid dienone is 1. The fourth-order valence-electron chi connectivity index (χ4n) is 16.6. The van der Waals surface area contributed by atoms with Gasteiger partial charge in [0.05, 0.1) is 38.6 Å². The Labute approximate surface area is 677 Å². The zero-order chi connectivity index (χ0) is 80.3. The average molecular weight is 1590 g/mol. The van der Waals surface area contributed by atoms with Crippen molar-refractivity contribution in [3.8, 4) is 0 Å². The summed E-state index contributed by atoms with van der Waals surface area (Å²) >= 11 is 0. The van der Waals surface area contributed by atoms with Gasteiger partial charge >= 0.3 is 0 Å². The van der Waals surface area contributed by atoms with Crippen LogP contribution >= 0.6 is 0 Å². The number of carbonyl (C=O) groups is 1. The first-order chi connectivity index (χ1) is 54.3. The van der Waals surface area contributed by atoms with Crippen LogP contribution in [0, 0.1) is 0 Å². The van der Waals surface area contributed by atoms with E-state index in [0.717, 1.165) is 44.9 Å². The first-order valence-electron chi connectivity index (χ1n) is 47.4. The third kappa shape index (κ3) is 50.9. The molecule has 19 heteroatoms. The molecular formula is C92H177NO18. The van der Waals surface area contributed by atoms with Gasteiger partial charge in [0.25, 0.3) is 0 Å². The molecule has 0 bridgehead atoms. The van der Waals surface area contributed by atoms with Gasteiger partial charge < -0.3 is 89.9 Å².